The summed E-state index contributed by atoms with van der Waals surface area (Å²) in [6.45, 7) is 2.18. The average Bonchev–Trinajstić information content (AvgIpc) is 2.94. The van der Waals surface area contributed by atoms with E-state index in [-0.39, 0.29) is 0 Å². The van der Waals surface area contributed by atoms with Crippen LogP contribution in [-0.4, -0.2) is 42.6 Å². The lowest BCUT2D eigenvalue weighted by atomic mass is 10.0. The van der Waals surface area contributed by atoms with Crippen molar-refractivity contribution in [1.29, 1.82) is 0 Å². The number of carbonyl (C=O) groups is 1. The van der Waals surface area contributed by atoms with Crippen LogP contribution >= 0.6 is 11.6 Å². The fraction of sp³-hybridized carbons (Fsp3) is 0.583. The Morgan fingerprint density at radius 2 is 2.24 bits per heavy atom. The molecule has 0 unspecified atom stereocenters. The predicted octanol–water partition coefficient (Wildman–Crippen LogP) is 2.07. The number of aromatic nitrogens is 2. The maximum Gasteiger partial charge on any atom is 0.446 e. The van der Waals surface area contributed by atoms with Crippen LogP contribution in [0.4, 0.5) is 19.0 Å². The Bertz CT molecular complexity index is 464. The Hall–Kier alpha value is -1.41. The molecular formula is C12H16ClF3N4O. The first-order chi connectivity index (χ1) is 9.85. The van der Waals surface area contributed by atoms with Gasteiger partial charge in [-0.3, -0.25) is 4.79 Å². The first kappa shape index (κ1) is 17.6. The number of hydrogen-bond donors (Lipinski definition) is 2. The molecule has 0 spiro atoms. The second kappa shape index (κ2) is 8.14. The van der Waals surface area contributed by atoms with Crippen LogP contribution < -0.4 is 10.6 Å². The van der Waals surface area contributed by atoms with E-state index >= 15 is 0 Å². The van der Waals surface area contributed by atoms with Crippen molar-refractivity contribution < 1.29 is 18.0 Å². The van der Waals surface area contributed by atoms with Crippen LogP contribution in [0.5, 0.6) is 0 Å². The van der Waals surface area contributed by atoms with Gasteiger partial charge in [-0.1, -0.05) is 11.6 Å². The van der Waals surface area contributed by atoms with E-state index in [4.69, 9.17) is 16.4 Å². The second-order valence-electron chi connectivity index (χ2n) is 4.46. The molecule has 0 bridgehead atoms. The normalized spacial score (nSPS) is 17.9. The van der Waals surface area contributed by atoms with Crippen molar-refractivity contribution in [2.45, 2.75) is 19.0 Å². The monoisotopic (exact) mass is 324 g/mol. The maximum atomic E-state index is 10.4. The molecule has 5 nitrogen and oxygen atoms in total. The van der Waals surface area contributed by atoms with E-state index in [1.54, 1.807) is 6.20 Å². The zero-order valence-corrected chi connectivity index (χ0v) is 12.1. The number of nitrogens with zero attached hydrogens (tertiary/aromatic N) is 2. The van der Waals surface area contributed by atoms with E-state index in [1.807, 2.05) is 7.05 Å². The summed E-state index contributed by atoms with van der Waals surface area (Å²) in [7, 11) is 1.81. The SMILES string of the molecule is CNc1nc(C[C@@H]2CCNC2)ncc1Cl.O=CC(F)(F)F. The number of rotatable bonds is 3. The van der Waals surface area contributed by atoms with Crippen molar-refractivity contribution in [2.75, 3.05) is 25.5 Å². The molecule has 0 amide bonds. The molecule has 2 heterocycles. The molecule has 2 rings (SSSR count). The summed E-state index contributed by atoms with van der Waals surface area (Å²) in [6.07, 6.45) is -1.90. The maximum absolute atomic E-state index is 10.4. The Balaban J connectivity index is 0.000000315. The molecule has 1 fully saturated rings. The van der Waals surface area contributed by atoms with Crippen LogP contribution in [0, 0.1) is 5.92 Å². The highest BCUT2D eigenvalue weighted by molar-refractivity contribution is 6.32. The first-order valence-corrected chi connectivity index (χ1v) is 6.66. The Kier molecular flexibility index (Phi) is 6.83. The minimum absolute atomic E-state index is 0.575. The molecule has 118 valence electrons. The molecule has 0 radical (unpaired) electrons. The van der Waals surface area contributed by atoms with Crippen LogP contribution in [0.3, 0.4) is 0 Å². The van der Waals surface area contributed by atoms with Crippen molar-refractivity contribution in [3.05, 3.63) is 17.0 Å². The number of alkyl halides is 3. The molecule has 0 aliphatic carbocycles. The third-order valence-electron chi connectivity index (χ3n) is 2.80. The van der Waals surface area contributed by atoms with Crippen molar-refractivity contribution in [1.82, 2.24) is 15.3 Å². The standard InChI is InChI=1S/C10H15ClN4.C2HF3O/c1-12-10-8(11)6-14-9(15-10)4-7-2-3-13-5-7;3-2(4,5)1-6/h6-7,13H,2-5H2,1H3,(H,12,14,15);1H/t7-;/m0./s1. The largest absolute Gasteiger partial charge is 0.446 e. The lowest BCUT2D eigenvalue weighted by molar-refractivity contribution is -0.156. The Labute approximate surface area is 125 Å². The summed E-state index contributed by atoms with van der Waals surface area (Å²) >= 11 is 5.91. The summed E-state index contributed by atoms with van der Waals surface area (Å²) in [5.74, 6) is 2.25. The van der Waals surface area contributed by atoms with Gasteiger partial charge in [-0.05, 0) is 25.4 Å². The summed E-state index contributed by atoms with van der Waals surface area (Å²) < 4.78 is 31.2. The first-order valence-electron chi connectivity index (χ1n) is 6.28. The van der Waals surface area contributed by atoms with Crippen molar-refractivity contribution in [3.8, 4) is 0 Å². The van der Waals surface area contributed by atoms with Gasteiger partial charge in [0.15, 0.2) is 0 Å². The number of nitrogens with one attached hydrogen (secondary N) is 2. The summed E-state index contributed by atoms with van der Waals surface area (Å²) in [6, 6.07) is 0. The summed E-state index contributed by atoms with van der Waals surface area (Å²) in [4.78, 5) is 17.3. The van der Waals surface area contributed by atoms with E-state index in [2.05, 4.69) is 20.6 Å². The van der Waals surface area contributed by atoms with Crippen LogP contribution in [0.25, 0.3) is 0 Å². The Morgan fingerprint density at radius 1 is 1.57 bits per heavy atom. The van der Waals surface area contributed by atoms with E-state index < -0.39 is 12.5 Å². The zero-order valence-electron chi connectivity index (χ0n) is 11.4. The van der Waals surface area contributed by atoms with Gasteiger partial charge in [-0.25, -0.2) is 9.97 Å². The van der Waals surface area contributed by atoms with E-state index in [0.717, 1.165) is 25.3 Å². The van der Waals surface area contributed by atoms with Crippen LogP contribution in [0.15, 0.2) is 6.20 Å². The van der Waals surface area contributed by atoms with Crippen molar-refractivity contribution >= 4 is 23.7 Å². The van der Waals surface area contributed by atoms with Gasteiger partial charge in [-0.2, -0.15) is 13.2 Å². The molecule has 2 N–H and O–H groups in total. The van der Waals surface area contributed by atoms with Crippen molar-refractivity contribution in [3.63, 3.8) is 0 Å². The smallest absolute Gasteiger partial charge is 0.372 e. The van der Waals surface area contributed by atoms with Gasteiger partial charge in [0, 0.05) is 13.5 Å². The van der Waals surface area contributed by atoms with Crippen molar-refractivity contribution in [2.24, 2.45) is 5.92 Å². The van der Waals surface area contributed by atoms with Crippen LogP contribution in [-0.2, 0) is 11.2 Å². The molecule has 9 heteroatoms. The average molecular weight is 325 g/mol. The number of hydrogen-bond acceptors (Lipinski definition) is 5. The molecule has 21 heavy (non-hydrogen) atoms. The summed E-state index contributed by atoms with van der Waals surface area (Å²) in [5, 5.41) is 6.87. The second-order valence-corrected chi connectivity index (χ2v) is 4.86. The van der Waals surface area contributed by atoms with Gasteiger partial charge in [0.2, 0.25) is 6.29 Å². The molecule has 1 aromatic rings. The molecule has 1 aliphatic heterocycles. The lowest BCUT2D eigenvalue weighted by Gasteiger charge is -2.08. The van der Waals surface area contributed by atoms with E-state index in [9.17, 15) is 13.2 Å². The molecule has 1 aromatic heterocycles. The van der Waals surface area contributed by atoms with Gasteiger partial charge in [0.1, 0.15) is 16.7 Å². The van der Waals surface area contributed by atoms with Gasteiger partial charge in [-0.15, -0.1) is 0 Å². The number of aldehydes is 1. The third kappa shape index (κ3) is 6.72. The van der Waals surface area contributed by atoms with Crippen LogP contribution in [0.2, 0.25) is 5.02 Å². The Morgan fingerprint density at radius 3 is 2.71 bits per heavy atom. The van der Waals surface area contributed by atoms with Gasteiger partial charge in [0.05, 0.1) is 6.20 Å². The topological polar surface area (TPSA) is 66.9 Å². The molecular weight excluding hydrogens is 309 g/mol. The highest BCUT2D eigenvalue weighted by Gasteiger charge is 2.24. The lowest BCUT2D eigenvalue weighted by Crippen LogP contribution is -2.12. The predicted molar refractivity (Wildman–Crippen MR) is 73.4 cm³/mol. The minimum atomic E-state index is -4.64. The minimum Gasteiger partial charge on any atom is -0.372 e. The fourth-order valence-corrected chi connectivity index (χ4v) is 2.01. The van der Waals surface area contributed by atoms with E-state index in [0.29, 0.717) is 16.8 Å². The highest BCUT2D eigenvalue weighted by atomic mass is 35.5. The highest BCUT2D eigenvalue weighted by Crippen LogP contribution is 2.19. The quantitative estimate of drug-likeness (QED) is 0.833. The van der Waals surface area contributed by atoms with Crippen LogP contribution in [0.1, 0.15) is 12.2 Å². The molecule has 1 aliphatic rings. The zero-order chi connectivity index (χ0) is 15.9. The third-order valence-corrected chi connectivity index (χ3v) is 3.07. The number of anilines is 1. The molecule has 1 saturated heterocycles. The number of carbonyl (C=O) groups excluding carboxylic acids is 1. The van der Waals surface area contributed by atoms with Gasteiger partial charge in [0.25, 0.3) is 0 Å². The van der Waals surface area contributed by atoms with Gasteiger partial charge < -0.3 is 10.6 Å². The fourth-order valence-electron chi connectivity index (χ4n) is 1.82. The molecule has 0 saturated carbocycles. The summed E-state index contributed by atoms with van der Waals surface area (Å²) in [5.41, 5.74) is 0. The molecule has 0 aromatic carbocycles. The number of halogens is 4. The van der Waals surface area contributed by atoms with E-state index in [1.165, 1.54) is 6.42 Å². The van der Waals surface area contributed by atoms with Gasteiger partial charge >= 0.3 is 6.18 Å². The molecule has 1 atom stereocenters.